The van der Waals surface area contributed by atoms with Crippen LogP contribution in [0.3, 0.4) is 0 Å². The fourth-order valence-electron chi connectivity index (χ4n) is 5.42. The first-order valence-corrected chi connectivity index (χ1v) is 14.3. The summed E-state index contributed by atoms with van der Waals surface area (Å²) < 4.78 is 8.21. The quantitative estimate of drug-likeness (QED) is 0.233. The number of aromatic nitrogens is 6. The van der Waals surface area contributed by atoms with Crippen LogP contribution in [-0.2, 0) is 11.2 Å². The monoisotopic (exact) mass is 630 g/mol. The Morgan fingerprint density at radius 2 is 1.98 bits per heavy atom. The summed E-state index contributed by atoms with van der Waals surface area (Å²) in [4.78, 5) is 34.4. The lowest BCUT2D eigenvalue weighted by atomic mass is 10.0. The molecule has 0 spiro atoms. The number of rotatable bonds is 8. The van der Waals surface area contributed by atoms with E-state index in [1.807, 2.05) is 12.1 Å². The van der Waals surface area contributed by atoms with Crippen molar-refractivity contribution in [1.82, 2.24) is 29.5 Å². The van der Waals surface area contributed by atoms with E-state index in [4.69, 9.17) is 32.9 Å². The Labute approximate surface area is 260 Å². The molecule has 1 aliphatic rings. The van der Waals surface area contributed by atoms with E-state index in [-0.39, 0.29) is 30.4 Å². The molecule has 0 saturated carbocycles. The van der Waals surface area contributed by atoms with Crippen LogP contribution in [-0.4, -0.2) is 61.0 Å². The van der Waals surface area contributed by atoms with E-state index >= 15 is 0 Å². The van der Waals surface area contributed by atoms with Crippen molar-refractivity contribution in [3.8, 4) is 34.1 Å². The second-order valence-electron chi connectivity index (χ2n) is 10.1. The second-order valence-corrected chi connectivity index (χ2v) is 10.9. The van der Waals surface area contributed by atoms with E-state index in [9.17, 15) is 20.0 Å². The van der Waals surface area contributed by atoms with Crippen LogP contribution in [0.2, 0.25) is 10.2 Å². The molecule has 3 aromatic heterocycles. The zero-order valence-electron chi connectivity index (χ0n) is 23.2. The van der Waals surface area contributed by atoms with Crippen molar-refractivity contribution in [2.24, 2.45) is 0 Å². The van der Waals surface area contributed by atoms with Gasteiger partial charge in [0.25, 0.3) is 5.56 Å². The number of nitrogens with zero attached hydrogens (tertiary/aromatic N) is 7. The Bertz CT molecular complexity index is 1980. The highest BCUT2D eigenvalue weighted by atomic mass is 35.5. The van der Waals surface area contributed by atoms with Gasteiger partial charge in [-0.05, 0) is 54.8 Å². The summed E-state index contributed by atoms with van der Waals surface area (Å²) in [6.07, 6.45) is 1.69. The molecule has 0 bridgehead atoms. The number of aryl methyl sites for hydroxylation is 1. The highest BCUT2D eigenvalue weighted by Gasteiger charge is 2.29. The SMILES string of the molecule is COCCN(C(=O)O)c1ccc(-c2nc([C@@H]3CCc4cc(-c5cc(Cl)ccc5-n5cc(C#N)nn5)cc(=O)n43)[nH]c2Cl)cc1. The summed E-state index contributed by atoms with van der Waals surface area (Å²) in [7, 11) is 1.51. The molecule has 44 heavy (non-hydrogen) atoms. The number of anilines is 1. The highest BCUT2D eigenvalue weighted by molar-refractivity contribution is 6.32. The molecule has 2 N–H and O–H groups in total. The molecule has 5 aromatic rings. The van der Waals surface area contributed by atoms with Gasteiger partial charge in [-0.25, -0.2) is 14.5 Å². The standard InChI is InChI=1S/C30H24Cl2N8O4/c1-44-11-10-38(30(42)43)21-5-2-17(3-6-21)27-28(32)35-29(34-27)25-9-7-22-12-18(13-26(41)40(22)25)23-14-19(31)4-8-24(23)39-16-20(15-33)36-37-39/h2-6,8,12-14,16,25H,7,9-11H2,1H3,(H,34,35)(H,42,43)/t25-/m0/s1. The fourth-order valence-corrected chi connectivity index (χ4v) is 5.84. The molecule has 222 valence electrons. The minimum absolute atomic E-state index is 0.166. The minimum Gasteiger partial charge on any atom is -0.465 e. The number of amides is 1. The summed E-state index contributed by atoms with van der Waals surface area (Å²) >= 11 is 12.9. The van der Waals surface area contributed by atoms with Gasteiger partial charge in [0, 0.05) is 40.7 Å². The third-order valence-corrected chi connectivity index (χ3v) is 7.96. The number of pyridine rings is 1. The third-order valence-electron chi connectivity index (χ3n) is 7.45. The van der Waals surface area contributed by atoms with Crippen LogP contribution in [0.4, 0.5) is 10.5 Å². The van der Waals surface area contributed by atoms with Gasteiger partial charge in [0.15, 0.2) is 5.69 Å². The molecule has 0 radical (unpaired) electrons. The average Bonchev–Trinajstić information content (AvgIpc) is 3.76. The number of carboxylic acid groups (broad SMARTS) is 1. The van der Waals surface area contributed by atoms with Gasteiger partial charge in [0.2, 0.25) is 0 Å². The van der Waals surface area contributed by atoms with Crippen LogP contribution >= 0.6 is 23.2 Å². The van der Waals surface area contributed by atoms with Crippen molar-refractivity contribution in [3.63, 3.8) is 0 Å². The van der Waals surface area contributed by atoms with E-state index in [2.05, 4.69) is 15.3 Å². The number of imidazole rings is 1. The lowest BCUT2D eigenvalue weighted by Gasteiger charge is -2.19. The van der Waals surface area contributed by atoms with E-state index < -0.39 is 6.09 Å². The van der Waals surface area contributed by atoms with Crippen molar-refractivity contribution in [1.29, 1.82) is 5.26 Å². The Morgan fingerprint density at radius 1 is 1.18 bits per heavy atom. The van der Waals surface area contributed by atoms with Gasteiger partial charge in [-0.3, -0.25) is 9.69 Å². The minimum atomic E-state index is -1.08. The van der Waals surface area contributed by atoms with Crippen molar-refractivity contribution >= 4 is 35.0 Å². The normalized spacial score (nSPS) is 13.9. The molecule has 0 fully saturated rings. The number of aromatic amines is 1. The first-order valence-electron chi connectivity index (χ1n) is 13.5. The molecule has 14 heteroatoms. The molecule has 0 unspecified atom stereocenters. The Morgan fingerprint density at radius 3 is 2.68 bits per heavy atom. The first-order chi connectivity index (χ1) is 21.3. The zero-order valence-corrected chi connectivity index (χ0v) is 24.7. The predicted molar refractivity (Wildman–Crippen MR) is 164 cm³/mol. The Hall–Kier alpha value is -4.96. The maximum absolute atomic E-state index is 13.6. The summed E-state index contributed by atoms with van der Waals surface area (Å²) in [5, 5.41) is 27.4. The van der Waals surface area contributed by atoms with E-state index in [1.54, 1.807) is 53.1 Å². The molecule has 1 aliphatic heterocycles. The van der Waals surface area contributed by atoms with Gasteiger partial charge in [-0.2, -0.15) is 5.26 Å². The van der Waals surface area contributed by atoms with E-state index in [1.165, 1.54) is 22.9 Å². The maximum Gasteiger partial charge on any atom is 0.411 e. The summed E-state index contributed by atoms with van der Waals surface area (Å²) in [6.45, 7) is 0.453. The smallest absolute Gasteiger partial charge is 0.411 e. The van der Waals surface area contributed by atoms with Gasteiger partial charge in [-0.15, -0.1) is 5.10 Å². The van der Waals surface area contributed by atoms with Crippen molar-refractivity contribution in [2.45, 2.75) is 18.9 Å². The lowest BCUT2D eigenvalue weighted by Crippen LogP contribution is -2.32. The molecule has 0 aliphatic carbocycles. The van der Waals surface area contributed by atoms with Crippen molar-refractivity contribution in [3.05, 3.63) is 98.5 Å². The van der Waals surface area contributed by atoms with E-state index in [0.717, 1.165) is 5.69 Å². The first kappa shape index (κ1) is 29.1. The number of halogens is 2. The van der Waals surface area contributed by atoms with Crippen LogP contribution in [0.5, 0.6) is 0 Å². The van der Waals surface area contributed by atoms with Gasteiger partial charge in [0.1, 0.15) is 22.7 Å². The summed E-state index contributed by atoms with van der Waals surface area (Å²) in [6, 6.07) is 17.2. The zero-order chi connectivity index (χ0) is 31.0. The molecule has 2 aromatic carbocycles. The van der Waals surface area contributed by atoms with Gasteiger partial charge < -0.3 is 19.4 Å². The molecular formula is C30H24Cl2N8O4. The molecule has 1 amide bonds. The second kappa shape index (κ2) is 12.0. The van der Waals surface area contributed by atoms with Crippen LogP contribution in [0.15, 0.2) is 65.6 Å². The number of ether oxygens (including phenoxy) is 1. The number of nitrogens with one attached hydrogen (secondary N) is 1. The maximum atomic E-state index is 13.6. The number of methoxy groups -OCH3 is 1. The van der Waals surface area contributed by atoms with Crippen LogP contribution in [0.1, 0.15) is 29.7 Å². The number of carbonyl (C=O) groups is 1. The van der Waals surface area contributed by atoms with Crippen LogP contribution < -0.4 is 10.5 Å². The number of fused-ring (bicyclic) bond motifs is 1. The molecule has 12 nitrogen and oxygen atoms in total. The molecule has 0 saturated heterocycles. The Kier molecular flexibility index (Phi) is 7.92. The fraction of sp³-hybridized carbons (Fsp3) is 0.200. The molecular weight excluding hydrogens is 607 g/mol. The van der Waals surface area contributed by atoms with Gasteiger partial charge in [0.05, 0.1) is 31.1 Å². The topological polar surface area (TPSA) is 155 Å². The van der Waals surface area contributed by atoms with Crippen LogP contribution in [0, 0.1) is 11.3 Å². The Balaban J connectivity index is 1.31. The lowest BCUT2D eigenvalue weighted by molar-refractivity contribution is 0.186. The van der Waals surface area contributed by atoms with Gasteiger partial charge >= 0.3 is 6.09 Å². The number of hydrogen-bond donors (Lipinski definition) is 2. The summed E-state index contributed by atoms with van der Waals surface area (Å²) in [5.41, 5.74) is 4.42. The average molecular weight is 631 g/mol. The summed E-state index contributed by atoms with van der Waals surface area (Å²) in [5.74, 6) is 0.546. The highest BCUT2D eigenvalue weighted by Crippen LogP contribution is 2.36. The number of H-pyrrole nitrogens is 1. The number of hydrogen-bond acceptors (Lipinski definition) is 7. The molecule has 6 rings (SSSR count). The van der Waals surface area contributed by atoms with Crippen molar-refractivity contribution < 1.29 is 14.6 Å². The van der Waals surface area contributed by atoms with E-state index in [0.29, 0.717) is 62.6 Å². The number of nitriles is 1. The molecule has 4 heterocycles. The van der Waals surface area contributed by atoms with Crippen LogP contribution in [0.25, 0.3) is 28.1 Å². The number of benzene rings is 2. The van der Waals surface area contributed by atoms with Crippen molar-refractivity contribution in [2.75, 3.05) is 25.2 Å². The molecule has 1 atom stereocenters. The third kappa shape index (κ3) is 5.44. The van der Waals surface area contributed by atoms with Gasteiger partial charge in [-0.1, -0.05) is 40.5 Å². The predicted octanol–water partition coefficient (Wildman–Crippen LogP) is 5.33. The largest absolute Gasteiger partial charge is 0.465 e.